The van der Waals surface area contributed by atoms with Gasteiger partial charge in [-0.25, -0.2) is 8.42 Å². The smallest absolute Gasteiger partial charge is 0.258 e. The number of hydrogen-bond donors (Lipinski definition) is 1. The van der Waals surface area contributed by atoms with Crippen LogP contribution in [0, 0.1) is 21.4 Å². The summed E-state index contributed by atoms with van der Waals surface area (Å²) < 4.78 is 26.4. The van der Waals surface area contributed by atoms with Crippen LogP contribution in [0.5, 0.6) is 0 Å². The first kappa shape index (κ1) is 16.4. The molecule has 0 spiro atoms. The molecule has 0 aliphatic carbocycles. The molecule has 0 saturated carbocycles. The molecule has 1 aromatic carbocycles. The van der Waals surface area contributed by atoms with Gasteiger partial charge < -0.3 is 0 Å². The monoisotopic (exact) mass is 317 g/mol. The number of nitro benzene ring substituents is 1. The number of halogens is 1. The van der Waals surface area contributed by atoms with Gasteiger partial charge in [-0.3, -0.25) is 10.1 Å². The van der Waals surface area contributed by atoms with Gasteiger partial charge in [-0.05, 0) is 12.5 Å². The normalized spacial score (nSPS) is 12.7. The summed E-state index contributed by atoms with van der Waals surface area (Å²) >= 11 is 5.76. The number of nitriles is 1. The van der Waals surface area contributed by atoms with Crippen LogP contribution < -0.4 is 4.72 Å². The van der Waals surface area contributed by atoms with E-state index in [0.29, 0.717) is 12.8 Å². The van der Waals surface area contributed by atoms with Gasteiger partial charge in [0, 0.05) is 12.1 Å². The number of benzene rings is 1. The molecule has 0 heterocycles. The Bertz CT molecular complexity index is 654. The predicted molar refractivity (Wildman–Crippen MR) is 72.7 cm³/mol. The average molecular weight is 318 g/mol. The first-order valence-corrected chi connectivity index (χ1v) is 7.53. The summed E-state index contributed by atoms with van der Waals surface area (Å²) in [5, 5.41) is 19.4. The maximum Gasteiger partial charge on any atom is 0.270 e. The summed E-state index contributed by atoms with van der Waals surface area (Å²) in [6.45, 7) is 1.80. The summed E-state index contributed by atoms with van der Waals surface area (Å²) in [4.78, 5) is 9.54. The van der Waals surface area contributed by atoms with Gasteiger partial charge in [0.1, 0.15) is 10.9 Å². The van der Waals surface area contributed by atoms with Gasteiger partial charge >= 0.3 is 0 Å². The number of nitro groups is 1. The van der Waals surface area contributed by atoms with E-state index in [2.05, 4.69) is 4.72 Å². The van der Waals surface area contributed by atoms with Crippen molar-refractivity contribution in [2.75, 3.05) is 0 Å². The van der Waals surface area contributed by atoms with Crippen molar-refractivity contribution in [3.05, 3.63) is 33.3 Å². The Morgan fingerprint density at radius 3 is 2.70 bits per heavy atom. The Kier molecular flexibility index (Phi) is 5.44. The first-order valence-electron chi connectivity index (χ1n) is 5.67. The molecule has 0 fully saturated rings. The third-order valence-corrected chi connectivity index (χ3v) is 4.40. The van der Waals surface area contributed by atoms with Gasteiger partial charge in [0.05, 0.1) is 16.0 Å². The highest BCUT2D eigenvalue weighted by Gasteiger charge is 2.24. The Hall–Kier alpha value is -1.69. The van der Waals surface area contributed by atoms with Crippen LogP contribution in [0.2, 0.25) is 5.02 Å². The van der Waals surface area contributed by atoms with Crippen molar-refractivity contribution in [2.45, 2.75) is 30.7 Å². The fraction of sp³-hybridized carbons (Fsp3) is 0.364. The van der Waals surface area contributed by atoms with E-state index in [-0.39, 0.29) is 5.02 Å². The summed E-state index contributed by atoms with van der Waals surface area (Å²) in [6.07, 6.45) is 0.950. The number of nitrogens with zero attached hydrogens (tertiary/aromatic N) is 2. The highest BCUT2D eigenvalue weighted by atomic mass is 35.5. The van der Waals surface area contributed by atoms with E-state index < -0.39 is 31.6 Å². The quantitative estimate of drug-likeness (QED) is 0.638. The molecule has 20 heavy (non-hydrogen) atoms. The van der Waals surface area contributed by atoms with Crippen LogP contribution in [-0.4, -0.2) is 19.4 Å². The van der Waals surface area contributed by atoms with Crippen molar-refractivity contribution in [3.8, 4) is 6.07 Å². The lowest BCUT2D eigenvalue weighted by atomic mass is 10.2. The highest BCUT2D eigenvalue weighted by Crippen LogP contribution is 2.26. The van der Waals surface area contributed by atoms with Gasteiger partial charge in [-0.15, -0.1) is 0 Å². The maximum absolute atomic E-state index is 12.1. The average Bonchev–Trinajstić information content (AvgIpc) is 2.37. The van der Waals surface area contributed by atoms with Crippen LogP contribution in [-0.2, 0) is 10.0 Å². The van der Waals surface area contributed by atoms with E-state index in [0.717, 1.165) is 18.2 Å². The minimum atomic E-state index is -4.09. The lowest BCUT2D eigenvalue weighted by Crippen LogP contribution is -2.33. The van der Waals surface area contributed by atoms with E-state index in [1.54, 1.807) is 6.92 Å². The van der Waals surface area contributed by atoms with Crippen molar-refractivity contribution in [1.82, 2.24) is 4.72 Å². The Labute approximate surface area is 121 Å². The molecule has 0 amide bonds. The number of non-ortho nitro benzene ring substituents is 1. The van der Waals surface area contributed by atoms with Crippen molar-refractivity contribution in [3.63, 3.8) is 0 Å². The molecular weight excluding hydrogens is 306 g/mol. The molecule has 0 aromatic heterocycles. The lowest BCUT2D eigenvalue weighted by molar-refractivity contribution is -0.385. The third kappa shape index (κ3) is 3.90. The summed E-state index contributed by atoms with van der Waals surface area (Å²) in [5.74, 6) is 0. The molecular formula is C11H12ClN3O4S. The fourth-order valence-electron chi connectivity index (χ4n) is 1.50. The zero-order valence-electron chi connectivity index (χ0n) is 10.5. The van der Waals surface area contributed by atoms with Crippen LogP contribution in [0.25, 0.3) is 0 Å². The molecule has 7 nitrogen and oxygen atoms in total. The van der Waals surface area contributed by atoms with Crippen LogP contribution in [0.3, 0.4) is 0 Å². The van der Waals surface area contributed by atoms with Crippen molar-refractivity contribution in [1.29, 1.82) is 5.26 Å². The molecule has 0 radical (unpaired) electrons. The first-order chi connectivity index (χ1) is 9.31. The zero-order chi connectivity index (χ0) is 15.3. The van der Waals surface area contributed by atoms with E-state index in [9.17, 15) is 18.5 Å². The second-order valence-corrected chi connectivity index (χ2v) is 6.05. The van der Waals surface area contributed by atoms with Crippen molar-refractivity contribution in [2.24, 2.45) is 0 Å². The van der Waals surface area contributed by atoms with Crippen LogP contribution in [0.4, 0.5) is 5.69 Å². The minimum absolute atomic E-state index is 0.142. The van der Waals surface area contributed by atoms with E-state index in [1.165, 1.54) is 0 Å². The Morgan fingerprint density at radius 2 is 2.20 bits per heavy atom. The second kappa shape index (κ2) is 6.65. The number of rotatable bonds is 6. The van der Waals surface area contributed by atoms with E-state index in [4.69, 9.17) is 16.9 Å². The minimum Gasteiger partial charge on any atom is -0.258 e. The summed E-state index contributed by atoms with van der Waals surface area (Å²) in [5.41, 5.74) is -0.390. The van der Waals surface area contributed by atoms with Gasteiger partial charge in [-0.1, -0.05) is 24.9 Å². The lowest BCUT2D eigenvalue weighted by Gasteiger charge is -2.12. The van der Waals surface area contributed by atoms with Crippen LogP contribution in [0.1, 0.15) is 19.8 Å². The Balaban J connectivity index is 3.18. The molecule has 0 aliphatic rings. The molecule has 1 unspecified atom stereocenters. The number of sulfonamides is 1. The van der Waals surface area contributed by atoms with Gasteiger partial charge in [0.25, 0.3) is 5.69 Å². The zero-order valence-corrected chi connectivity index (χ0v) is 12.1. The molecule has 1 atom stereocenters. The van der Waals surface area contributed by atoms with E-state index in [1.807, 2.05) is 6.07 Å². The molecule has 9 heteroatoms. The maximum atomic E-state index is 12.1. The Morgan fingerprint density at radius 1 is 1.55 bits per heavy atom. The number of nitrogens with one attached hydrogen (secondary N) is 1. The fourth-order valence-corrected chi connectivity index (χ4v) is 3.20. The standard InChI is InChI=1S/C11H12ClN3O4S/c1-2-3-8(7-13)14-20(18,19)11-6-9(15(16)17)4-5-10(11)12/h4-6,8,14H,2-3H2,1H3. The summed E-state index contributed by atoms with van der Waals surface area (Å²) in [7, 11) is -4.09. The van der Waals surface area contributed by atoms with Gasteiger partial charge in [0.2, 0.25) is 10.0 Å². The summed E-state index contributed by atoms with van der Waals surface area (Å²) in [6, 6.07) is 4.02. The largest absolute Gasteiger partial charge is 0.270 e. The molecule has 0 bridgehead atoms. The molecule has 1 aromatic rings. The molecule has 1 rings (SSSR count). The molecule has 0 aliphatic heterocycles. The third-order valence-electron chi connectivity index (χ3n) is 2.45. The topological polar surface area (TPSA) is 113 Å². The van der Waals surface area contributed by atoms with Crippen LogP contribution in [0.15, 0.2) is 23.1 Å². The van der Waals surface area contributed by atoms with E-state index >= 15 is 0 Å². The predicted octanol–water partition coefficient (Wildman–Crippen LogP) is 2.22. The molecule has 0 saturated heterocycles. The van der Waals surface area contributed by atoms with Gasteiger partial charge in [-0.2, -0.15) is 9.98 Å². The van der Waals surface area contributed by atoms with Crippen molar-refractivity contribution >= 4 is 27.3 Å². The molecule has 108 valence electrons. The van der Waals surface area contributed by atoms with Crippen LogP contribution >= 0.6 is 11.6 Å². The van der Waals surface area contributed by atoms with Gasteiger partial charge in [0.15, 0.2) is 0 Å². The SMILES string of the molecule is CCCC(C#N)NS(=O)(=O)c1cc([N+](=O)[O-])ccc1Cl. The number of hydrogen-bond acceptors (Lipinski definition) is 5. The highest BCUT2D eigenvalue weighted by molar-refractivity contribution is 7.89. The van der Waals surface area contributed by atoms with Crippen molar-refractivity contribution < 1.29 is 13.3 Å². The molecule has 1 N–H and O–H groups in total. The second-order valence-electron chi connectivity index (χ2n) is 3.96.